The summed E-state index contributed by atoms with van der Waals surface area (Å²) in [6.07, 6.45) is 0. The standard InChI is InChI=1S/C50H40N2/c1-33-27-41(28-34(2)51-33)37-15-13-17-39(31-37)43-19-5-7-21-45(43)47-23-9-11-25-49(47)50-26-12-10-24-48(50)46-22-8-6-20-44(46)40-18-14-16-38(32-40)42-29-35(3)52-36(4)30-42/h5-32H,1-4H3. The van der Waals surface area contributed by atoms with Gasteiger partial charge in [-0.05, 0) is 142 Å². The van der Waals surface area contributed by atoms with Crippen LogP contribution < -0.4 is 0 Å². The van der Waals surface area contributed by atoms with E-state index in [0.717, 1.165) is 22.8 Å². The molecule has 250 valence electrons. The van der Waals surface area contributed by atoms with Gasteiger partial charge in [-0.1, -0.05) is 133 Å². The molecule has 0 fully saturated rings. The van der Waals surface area contributed by atoms with Crippen LogP contribution in [0.25, 0.3) is 77.9 Å². The quantitative estimate of drug-likeness (QED) is 0.169. The first-order valence-electron chi connectivity index (χ1n) is 17.9. The molecule has 2 nitrogen and oxygen atoms in total. The van der Waals surface area contributed by atoms with Crippen molar-refractivity contribution in [1.29, 1.82) is 0 Å². The second kappa shape index (κ2) is 14.1. The number of aromatic nitrogens is 2. The van der Waals surface area contributed by atoms with Crippen molar-refractivity contribution in [2.24, 2.45) is 0 Å². The summed E-state index contributed by atoms with van der Waals surface area (Å²) < 4.78 is 0. The lowest BCUT2D eigenvalue weighted by atomic mass is 9.85. The molecule has 52 heavy (non-hydrogen) atoms. The van der Waals surface area contributed by atoms with E-state index in [-0.39, 0.29) is 0 Å². The van der Waals surface area contributed by atoms with E-state index >= 15 is 0 Å². The lowest BCUT2D eigenvalue weighted by Crippen LogP contribution is -1.93. The van der Waals surface area contributed by atoms with Crippen LogP contribution in [0.3, 0.4) is 0 Å². The Morgan fingerprint density at radius 3 is 0.788 bits per heavy atom. The smallest absolute Gasteiger partial charge is 0.0382 e. The number of benzene rings is 6. The van der Waals surface area contributed by atoms with Gasteiger partial charge >= 0.3 is 0 Å². The highest BCUT2D eigenvalue weighted by molar-refractivity contribution is 5.98. The van der Waals surface area contributed by atoms with Crippen LogP contribution in [0, 0.1) is 27.7 Å². The van der Waals surface area contributed by atoms with Gasteiger partial charge in [0.15, 0.2) is 0 Å². The van der Waals surface area contributed by atoms with Crippen LogP contribution in [0.5, 0.6) is 0 Å². The van der Waals surface area contributed by atoms with Crippen molar-refractivity contribution in [3.8, 4) is 77.9 Å². The van der Waals surface area contributed by atoms with E-state index in [4.69, 9.17) is 0 Å². The fourth-order valence-corrected chi connectivity index (χ4v) is 7.58. The molecule has 0 saturated heterocycles. The van der Waals surface area contributed by atoms with Crippen LogP contribution in [0.15, 0.2) is 170 Å². The van der Waals surface area contributed by atoms with E-state index in [1.807, 2.05) is 0 Å². The van der Waals surface area contributed by atoms with Crippen molar-refractivity contribution in [2.75, 3.05) is 0 Å². The number of nitrogens with zero attached hydrogens (tertiary/aromatic N) is 2. The van der Waals surface area contributed by atoms with Crippen molar-refractivity contribution in [1.82, 2.24) is 9.97 Å². The Balaban J connectivity index is 1.24. The van der Waals surface area contributed by atoms with Gasteiger partial charge in [0, 0.05) is 22.8 Å². The fraction of sp³-hybridized carbons (Fsp3) is 0.0800. The second-order valence-electron chi connectivity index (χ2n) is 13.6. The number of hydrogen-bond acceptors (Lipinski definition) is 2. The molecule has 0 radical (unpaired) electrons. The average molecular weight is 669 g/mol. The maximum atomic E-state index is 4.60. The molecule has 2 heteroatoms. The predicted octanol–water partition coefficient (Wildman–Crippen LogP) is 13.4. The van der Waals surface area contributed by atoms with Gasteiger partial charge in [-0.15, -0.1) is 0 Å². The fourth-order valence-electron chi connectivity index (χ4n) is 7.58. The van der Waals surface area contributed by atoms with Gasteiger partial charge in [0.1, 0.15) is 0 Å². The summed E-state index contributed by atoms with van der Waals surface area (Å²) >= 11 is 0. The zero-order valence-corrected chi connectivity index (χ0v) is 30.1. The molecule has 6 aromatic carbocycles. The van der Waals surface area contributed by atoms with Gasteiger partial charge in [-0.25, -0.2) is 0 Å². The van der Waals surface area contributed by atoms with Gasteiger partial charge in [-0.3, -0.25) is 9.97 Å². The molecule has 8 rings (SSSR count). The zero-order valence-electron chi connectivity index (χ0n) is 30.1. The molecule has 0 N–H and O–H groups in total. The molecular formula is C50H40N2. The maximum Gasteiger partial charge on any atom is 0.0382 e. The maximum absolute atomic E-state index is 4.60. The Kier molecular flexibility index (Phi) is 8.89. The van der Waals surface area contributed by atoms with E-state index in [0.29, 0.717) is 0 Å². The van der Waals surface area contributed by atoms with Gasteiger partial charge in [0.25, 0.3) is 0 Å². The third-order valence-electron chi connectivity index (χ3n) is 9.76. The summed E-state index contributed by atoms with van der Waals surface area (Å²) in [5.41, 5.74) is 20.9. The van der Waals surface area contributed by atoms with Crippen molar-refractivity contribution < 1.29 is 0 Å². The summed E-state index contributed by atoms with van der Waals surface area (Å²) in [4.78, 5) is 9.21. The predicted molar refractivity (Wildman–Crippen MR) is 219 cm³/mol. The lowest BCUT2D eigenvalue weighted by Gasteiger charge is -2.19. The lowest BCUT2D eigenvalue weighted by molar-refractivity contribution is 1.12. The summed E-state index contributed by atoms with van der Waals surface area (Å²) in [6, 6.07) is 61.7. The molecule has 8 aromatic rings. The Hall–Kier alpha value is -6.38. The van der Waals surface area contributed by atoms with Crippen LogP contribution >= 0.6 is 0 Å². The molecule has 0 aliphatic heterocycles. The van der Waals surface area contributed by atoms with Crippen LogP contribution in [0.4, 0.5) is 0 Å². The highest BCUT2D eigenvalue weighted by atomic mass is 14.7. The molecule has 0 unspecified atom stereocenters. The van der Waals surface area contributed by atoms with Gasteiger partial charge < -0.3 is 0 Å². The minimum absolute atomic E-state index is 1.03. The van der Waals surface area contributed by atoms with E-state index < -0.39 is 0 Å². The average Bonchev–Trinajstić information content (AvgIpc) is 3.17. The van der Waals surface area contributed by atoms with Gasteiger partial charge in [0.05, 0.1) is 0 Å². The van der Waals surface area contributed by atoms with Gasteiger partial charge in [0.2, 0.25) is 0 Å². The molecule has 0 spiro atoms. The van der Waals surface area contributed by atoms with E-state index in [2.05, 4.69) is 208 Å². The Morgan fingerprint density at radius 1 is 0.231 bits per heavy atom. The minimum atomic E-state index is 1.03. The van der Waals surface area contributed by atoms with Crippen molar-refractivity contribution in [3.63, 3.8) is 0 Å². The Bertz CT molecular complexity index is 2360. The van der Waals surface area contributed by atoms with Crippen molar-refractivity contribution in [3.05, 3.63) is 193 Å². The first-order chi connectivity index (χ1) is 25.4. The molecule has 0 aliphatic rings. The van der Waals surface area contributed by atoms with Crippen LogP contribution in [-0.2, 0) is 0 Å². The molecule has 0 bridgehead atoms. The first kappa shape index (κ1) is 32.8. The number of rotatable bonds is 7. The molecule has 0 atom stereocenters. The summed E-state index contributed by atoms with van der Waals surface area (Å²) in [5.74, 6) is 0. The van der Waals surface area contributed by atoms with Crippen LogP contribution in [0.2, 0.25) is 0 Å². The highest BCUT2D eigenvalue weighted by Crippen LogP contribution is 2.44. The third kappa shape index (κ3) is 6.59. The summed E-state index contributed by atoms with van der Waals surface area (Å²) in [5, 5.41) is 0. The van der Waals surface area contributed by atoms with Crippen molar-refractivity contribution >= 4 is 0 Å². The first-order valence-corrected chi connectivity index (χ1v) is 17.9. The Morgan fingerprint density at radius 2 is 0.481 bits per heavy atom. The van der Waals surface area contributed by atoms with E-state index in [1.54, 1.807) is 0 Å². The summed E-state index contributed by atoms with van der Waals surface area (Å²) in [6.45, 7) is 8.24. The van der Waals surface area contributed by atoms with Crippen molar-refractivity contribution in [2.45, 2.75) is 27.7 Å². The molecule has 2 aromatic heterocycles. The van der Waals surface area contributed by atoms with Crippen LogP contribution in [0.1, 0.15) is 22.8 Å². The molecule has 2 heterocycles. The van der Waals surface area contributed by atoms with Gasteiger partial charge in [-0.2, -0.15) is 0 Å². The third-order valence-corrected chi connectivity index (χ3v) is 9.76. The summed E-state index contributed by atoms with van der Waals surface area (Å²) in [7, 11) is 0. The normalized spacial score (nSPS) is 11.1. The second-order valence-corrected chi connectivity index (χ2v) is 13.6. The number of hydrogen-bond donors (Lipinski definition) is 0. The Labute approximate surface area is 307 Å². The molecule has 0 aliphatic carbocycles. The minimum Gasteiger partial charge on any atom is -0.258 e. The zero-order chi connectivity index (χ0) is 35.6. The van der Waals surface area contributed by atoms with E-state index in [1.165, 1.54) is 77.9 Å². The topological polar surface area (TPSA) is 25.8 Å². The van der Waals surface area contributed by atoms with Crippen LogP contribution in [-0.4, -0.2) is 9.97 Å². The number of pyridine rings is 2. The SMILES string of the molecule is Cc1cc(-c2cccc(-c3ccccc3-c3ccccc3-c3ccccc3-c3ccccc3-c3cccc(-c4cc(C)nc(C)c4)c3)c2)cc(C)n1. The molecule has 0 saturated carbocycles. The number of aryl methyl sites for hydroxylation is 4. The van der Waals surface area contributed by atoms with E-state index in [9.17, 15) is 0 Å². The monoisotopic (exact) mass is 668 g/mol. The highest BCUT2D eigenvalue weighted by Gasteiger charge is 2.18. The molecule has 0 amide bonds. The molecular weight excluding hydrogens is 629 g/mol. The largest absolute Gasteiger partial charge is 0.258 e.